The SMILES string of the molecule is CN(C)S(=O)(=O)CCNC(=O)c1ccc(CSc2ccccn2)cc1. The van der Waals surface area contributed by atoms with Gasteiger partial charge in [0.1, 0.15) is 0 Å². The summed E-state index contributed by atoms with van der Waals surface area (Å²) in [6.07, 6.45) is 1.76. The molecule has 1 heterocycles. The number of nitrogens with zero attached hydrogens (tertiary/aromatic N) is 2. The summed E-state index contributed by atoms with van der Waals surface area (Å²) >= 11 is 1.62. The number of hydrogen-bond acceptors (Lipinski definition) is 5. The molecule has 0 aliphatic carbocycles. The highest BCUT2D eigenvalue weighted by Crippen LogP contribution is 2.20. The van der Waals surface area contributed by atoms with Gasteiger partial charge in [0.2, 0.25) is 10.0 Å². The first-order valence-electron chi connectivity index (χ1n) is 7.69. The Hall–Kier alpha value is -1.90. The molecule has 1 aromatic heterocycles. The molecule has 6 nitrogen and oxygen atoms in total. The minimum absolute atomic E-state index is 0.0800. The summed E-state index contributed by atoms with van der Waals surface area (Å²) in [5.74, 6) is 0.364. The Morgan fingerprint density at radius 2 is 1.88 bits per heavy atom. The normalized spacial score (nSPS) is 11.5. The maximum atomic E-state index is 12.1. The van der Waals surface area contributed by atoms with Gasteiger partial charge >= 0.3 is 0 Å². The average Bonchev–Trinajstić information content (AvgIpc) is 2.61. The highest BCUT2D eigenvalue weighted by Gasteiger charge is 2.14. The van der Waals surface area contributed by atoms with Crippen LogP contribution in [0.25, 0.3) is 0 Å². The maximum Gasteiger partial charge on any atom is 0.251 e. The molecule has 0 aliphatic rings. The molecule has 1 amide bonds. The van der Waals surface area contributed by atoms with Gasteiger partial charge in [-0.05, 0) is 29.8 Å². The van der Waals surface area contributed by atoms with Crippen molar-refractivity contribution in [3.05, 3.63) is 59.8 Å². The first-order chi connectivity index (χ1) is 11.9. The highest BCUT2D eigenvalue weighted by molar-refractivity contribution is 7.98. The molecule has 0 spiro atoms. The highest BCUT2D eigenvalue weighted by atomic mass is 32.2. The van der Waals surface area contributed by atoms with Crippen LogP contribution in [-0.4, -0.2) is 50.0 Å². The zero-order valence-corrected chi connectivity index (χ0v) is 15.8. The number of benzene rings is 1. The number of carbonyl (C=O) groups excluding carboxylic acids is 1. The number of aromatic nitrogens is 1. The first-order valence-corrected chi connectivity index (χ1v) is 10.3. The van der Waals surface area contributed by atoms with E-state index in [-0.39, 0.29) is 18.2 Å². The summed E-state index contributed by atoms with van der Waals surface area (Å²) < 4.78 is 24.4. The summed E-state index contributed by atoms with van der Waals surface area (Å²) in [5, 5.41) is 3.58. The molecule has 0 saturated heterocycles. The summed E-state index contributed by atoms with van der Waals surface area (Å²) in [4.78, 5) is 16.3. The molecule has 134 valence electrons. The number of sulfonamides is 1. The monoisotopic (exact) mass is 379 g/mol. The van der Waals surface area contributed by atoms with Crippen molar-refractivity contribution in [3.63, 3.8) is 0 Å². The van der Waals surface area contributed by atoms with Crippen molar-refractivity contribution in [2.75, 3.05) is 26.4 Å². The van der Waals surface area contributed by atoms with E-state index in [1.165, 1.54) is 14.1 Å². The number of thioether (sulfide) groups is 1. The van der Waals surface area contributed by atoms with E-state index in [0.717, 1.165) is 20.6 Å². The average molecular weight is 380 g/mol. The van der Waals surface area contributed by atoms with Crippen LogP contribution in [0.2, 0.25) is 0 Å². The molecule has 0 atom stereocenters. The van der Waals surface area contributed by atoms with Crippen molar-refractivity contribution >= 4 is 27.7 Å². The van der Waals surface area contributed by atoms with E-state index in [4.69, 9.17) is 0 Å². The van der Waals surface area contributed by atoms with Crippen molar-refractivity contribution < 1.29 is 13.2 Å². The second-order valence-electron chi connectivity index (χ2n) is 5.51. The van der Waals surface area contributed by atoms with Crippen LogP contribution in [0.4, 0.5) is 0 Å². The van der Waals surface area contributed by atoms with E-state index < -0.39 is 10.0 Å². The van der Waals surface area contributed by atoms with Gasteiger partial charge in [0, 0.05) is 38.2 Å². The third-order valence-corrected chi connectivity index (χ3v) is 6.29. The maximum absolute atomic E-state index is 12.1. The van der Waals surface area contributed by atoms with Crippen LogP contribution in [0.1, 0.15) is 15.9 Å². The minimum atomic E-state index is -3.31. The number of nitrogens with one attached hydrogen (secondary N) is 1. The van der Waals surface area contributed by atoms with E-state index in [9.17, 15) is 13.2 Å². The van der Waals surface area contributed by atoms with Crippen molar-refractivity contribution in [2.24, 2.45) is 0 Å². The van der Waals surface area contributed by atoms with Gasteiger partial charge in [-0.3, -0.25) is 4.79 Å². The van der Waals surface area contributed by atoms with E-state index >= 15 is 0 Å². The summed E-state index contributed by atoms with van der Waals surface area (Å²) in [7, 11) is -0.364. The lowest BCUT2D eigenvalue weighted by molar-refractivity contribution is 0.0956. The van der Waals surface area contributed by atoms with E-state index in [2.05, 4.69) is 10.3 Å². The van der Waals surface area contributed by atoms with Gasteiger partial charge in [-0.15, -0.1) is 11.8 Å². The van der Waals surface area contributed by atoms with Crippen LogP contribution < -0.4 is 5.32 Å². The van der Waals surface area contributed by atoms with Crippen LogP contribution in [0.3, 0.4) is 0 Å². The lowest BCUT2D eigenvalue weighted by atomic mass is 10.1. The second-order valence-corrected chi connectivity index (χ2v) is 8.81. The van der Waals surface area contributed by atoms with Crippen molar-refractivity contribution in [1.29, 1.82) is 0 Å². The fourth-order valence-corrected chi connectivity index (χ4v) is 3.46. The lowest BCUT2D eigenvalue weighted by Gasteiger charge is -2.11. The molecule has 1 aromatic carbocycles. The number of rotatable bonds is 8. The second kappa shape index (κ2) is 8.98. The van der Waals surface area contributed by atoms with Gasteiger partial charge in [0.05, 0.1) is 10.8 Å². The molecule has 1 N–H and O–H groups in total. The lowest BCUT2D eigenvalue weighted by Crippen LogP contribution is -2.33. The van der Waals surface area contributed by atoms with Gasteiger partial charge in [-0.2, -0.15) is 0 Å². The van der Waals surface area contributed by atoms with Crippen LogP contribution >= 0.6 is 11.8 Å². The Morgan fingerprint density at radius 3 is 2.48 bits per heavy atom. The molecule has 0 aliphatic heterocycles. The number of carbonyl (C=O) groups is 1. The van der Waals surface area contributed by atoms with Crippen LogP contribution in [0.15, 0.2) is 53.7 Å². The minimum Gasteiger partial charge on any atom is -0.351 e. The summed E-state index contributed by atoms with van der Waals surface area (Å²) in [6.45, 7) is 0.0800. The quantitative estimate of drug-likeness (QED) is 0.710. The predicted octanol–water partition coefficient (Wildman–Crippen LogP) is 2.00. The molecule has 0 unspecified atom stereocenters. The van der Waals surface area contributed by atoms with Gasteiger partial charge in [0.25, 0.3) is 5.91 Å². The largest absolute Gasteiger partial charge is 0.351 e. The standard InChI is InChI=1S/C17H21N3O3S2/c1-20(2)25(22,23)12-11-19-17(21)15-8-6-14(7-9-15)13-24-16-5-3-4-10-18-16/h3-10H,11-13H2,1-2H3,(H,19,21). The zero-order valence-electron chi connectivity index (χ0n) is 14.2. The van der Waals surface area contributed by atoms with Crippen LogP contribution in [0.5, 0.6) is 0 Å². The Morgan fingerprint density at radius 1 is 1.16 bits per heavy atom. The fourth-order valence-electron chi connectivity index (χ4n) is 1.92. The topological polar surface area (TPSA) is 79.4 Å². The molecule has 0 radical (unpaired) electrons. The number of pyridine rings is 1. The first kappa shape index (κ1) is 19.4. The predicted molar refractivity (Wildman–Crippen MR) is 100 cm³/mol. The van der Waals surface area contributed by atoms with Crippen LogP contribution in [-0.2, 0) is 15.8 Å². The smallest absolute Gasteiger partial charge is 0.251 e. The Bertz CT molecular complexity index is 792. The summed E-state index contributed by atoms with van der Waals surface area (Å²) in [5.41, 5.74) is 1.59. The molecule has 8 heteroatoms. The van der Waals surface area contributed by atoms with Gasteiger partial charge < -0.3 is 5.32 Å². The van der Waals surface area contributed by atoms with Gasteiger partial charge in [-0.25, -0.2) is 17.7 Å². The molecule has 0 bridgehead atoms. The van der Waals surface area contributed by atoms with E-state index in [1.807, 2.05) is 30.3 Å². The van der Waals surface area contributed by atoms with Gasteiger partial charge in [0.15, 0.2) is 0 Å². The summed E-state index contributed by atoms with van der Waals surface area (Å²) in [6, 6.07) is 13.0. The third kappa shape index (κ3) is 6.15. The number of amides is 1. The van der Waals surface area contributed by atoms with Gasteiger partial charge in [-0.1, -0.05) is 18.2 Å². The molecule has 0 saturated carbocycles. The molecular weight excluding hydrogens is 358 g/mol. The Labute approximate surface area is 152 Å². The molecule has 2 rings (SSSR count). The van der Waals surface area contributed by atoms with Crippen molar-refractivity contribution in [3.8, 4) is 0 Å². The third-order valence-electron chi connectivity index (χ3n) is 3.44. The Kier molecular flexibility index (Phi) is 6.98. The molecule has 0 fully saturated rings. The van der Waals surface area contributed by atoms with Crippen molar-refractivity contribution in [2.45, 2.75) is 10.8 Å². The van der Waals surface area contributed by atoms with E-state index in [0.29, 0.717) is 5.56 Å². The fraction of sp³-hybridized carbons (Fsp3) is 0.294. The Balaban J connectivity index is 1.83. The molecule has 2 aromatic rings. The van der Waals surface area contributed by atoms with Crippen molar-refractivity contribution in [1.82, 2.24) is 14.6 Å². The van der Waals surface area contributed by atoms with E-state index in [1.54, 1.807) is 30.1 Å². The molecule has 25 heavy (non-hydrogen) atoms. The number of hydrogen-bond donors (Lipinski definition) is 1. The van der Waals surface area contributed by atoms with Crippen LogP contribution in [0, 0.1) is 0 Å². The zero-order chi connectivity index (χ0) is 18.3. The molecular formula is C17H21N3O3S2.